The number of hydrogen-bond acceptors (Lipinski definition) is 4. The molecule has 0 atom stereocenters. The van der Waals surface area contributed by atoms with Crippen molar-refractivity contribution in [1.82, 2.24) is 24.5 Å². The van der Waals surface area contributed by atoms with Gasteiger partial charge in [0.05, 0.1) is 19.5 Å². The smallest absolute Gasteiger partial charge is 0.272 e. The number of fused-ring (bicyclic) bond motifs is 1. The molecule has 0 unspecified atom stereocenters. The van der Waals surface area contributed by atoms with Crippen LogP contribution in [0.25, 0.3) is 16.8 Å². The summed E-state index contributed by atoms with van der Waals surface area (Å²) in [5.74, 6) is 0.677. The first-order valence-electron chi connectivity index (χ1n) is 8.50. The van der Waals surface area contributed by atoms with Gasteiger partial charge in [-0.15, -0.1) is 0 Å². The average Bonchev–Trinajstić information content (AvgIpc) is 3.37. The SMILES string of the molecule is COc1cccc(CN(C)C(=O)c2cnc3cc(-c4cn[nH]c4)ccn23)c1. The molecule has 7 nitrogen and oxygen atoms in total. The summed E-state index contributed by atoms with van der Waals surface area (Å²) in [5.41, 5.74) is 4.20. The van der Waals surface area contributed by atoms with Crippen molar-refractivity contribution in [3.8, 4) is 16.9 Å². The second-order valence-corrected chi connectivity index (χ2v) is 6.29. The van der Waals surface area contributed by atoms with Crippen molar-refractivity contribution in [3.05, 3.63) is 72.4 Å². The number of H-pyrrole nitrogens is 1. The summed E-state index contributed by atoms with van der Waals surface area (Å²) >= 11 is 0. The van der Waals surface area contributed by atoms with Crippen LogP contribution in [0.15, 0.2) is 61.2 Å². The Balaban J connectivity index is 1.58. The third-order valence-electron chi connectivity index (χ3n) is 4.46. The maximum Gasteiger partial charge on any atom is 0.272 e. The average molecular weight is 361 g/mol. The molecule has 1 amide bonds. The van der Waals surface area contributed by atoms with Crippen molar-refractivity contribution in [2.24, 2.45) is 0 Å². The minimum absolute atomic E-state index is 0.0959. The highest BCUT2D eigenvalue weighted by Crippen LogP contribution is 2.21. The van der Waals surface area contributed by atoms with Crippen LogP contribution < -0.4 is 4.74 Å². The topological polar surface area (TPSA) is 75.5 Å². The minimum atomic E-state index is -0.0959. The standard InChI is InChI=1S/C20H19N5O2/c1-24(13-14-4-3-5-17(8-14)27-2)20(26)18-12-21-19-9-15(6-7-25(18)19)16-10-22-23-11-16/h3-12H,13H2,1-2H3,(H,22,23). The maximum atomic E-state index is 12.9. The van der Waals surface area contributed by atoms with Crippen molar-refractivity contribution in [2.45, 2.75) is 6.54 Å². The second kappa shape index (κ2) is 6.95. The number of imidazole rings is 1. The molecule has 0 saturated heterocycles. The van der Waals surface area contributed by atoms with Gasteiger partial charge in [0.2, 0.25) is 0 Å². The van der Waals surface area contributed by atoms with Gasteiger partial charge in [0.25, 0.3) is 5.91 Å². The molecule has 136 valence electrons. The van der Waals surface area contributed by atoms with Gasteiger partial charge < -0.3 is 9.64 Å². The predicted molar refractivity (Wildman–Crippen MR) is 102 cm³/mol. The molecule has 0 aliphatic rings. The van der Waals surface area contributed by atoms with Crippen LogP contribution >= 0.6 is 0 Å². The third-order valence-corrected chi connectivity index (χ3v) is 4.46. The van der Waals surface area contributed by atoms with Crippen LogP contribution in [-0.2, 0) is 6.54 Å². The number of nitrogens with zero attached hydrogens (tertiary/aromatic N) is 4. The van der Waals surface area contributed by atoms with E-state index in [-0.39, 0.29) is 5.91 Å². The molecular weight excluding hydrogens is 342 g/mol. The van der Waals surface area contributed by atoms with Gasteiger partial charge >= 0.3 is 0 Å². The Labute approximate surface area is 156 Å². The van der Waals surface area contributed by atoms with Crippen LogP contribution in [-0.4, -0.2) is 44.5 Å². The fourth-order valence-electron chi connectivity index (χ4n) is 3.04. The summed E-state index contributed by atoms with van der Waals surface area (Å²) in [4.78, 5) is 19.0. The number of rotatable bonds is 5. The highest BCUT2D eigenvalue weighted by molar-refractivity contribution is 5.93. The summed E-state index contributed by atoms with van der Waals surface area (Å²) in [6.45, 7) is 0.483. The van der Waals surface area contributed by atoms with E-state index in [2.05, 4.69) is 15.2 Å². The van der Waals surface area contributed by atoms with Crippen molar-refractivity contribution in [3.63, 3.8) is 0 Å². The molecule has 1 N–H and O–H groups in total. The van der Waals surface area contributed by atoms with Crippen LogP contribution in [0.1, 0.15) is 16.1 Å². The quantitative estimate of drug-likeness (QED) is 0.593. The lowest BCUT2D eigenvalue weighted by Crippen LogP contribution is -2.27. The molecule has 0 aliphatic carbocycles. The number of nitrogens with one attached hydrogen (secondary N) is 1. The molecule has 4 aromatic rings. The van der Waals surface area contributed by atoms with Gasteiger partial charge in [0.15, 0.2) is 0 Å². The zero-order valence-electron chi connectivity index (χ0n) is 15.1. The number of benzene rings is 1. The monoisotopic (exact) mass is 361 g/mol. The molecule has 7 heteroatoms. The Morgan fingerprint density at radius 3 is 2.89 bits per heavy atom. The van der Waals surface area contributed by atoms with Crippen molar-refractivity contribution >= 4 is 11.6 Å². The van der Waals surface area contributed by atoms with E-state index in [1.54, 1.807) is 35.9 Å². The van der Waals surface area contributed by atoms with E-state index in [1.165, 1.54) is 0 Å². The van der Waals surface area contributed by atoms with Gasteiger partial charge in [-0.1, -0.05) is 12.1 Å². The normalized spacial score (nSPS) is 10.9. The first kappa shape index (κ1) is 16.8. The Morgan fingerprint density at radius 1 is 1.22 bits per heavy atom. The predicted octanol–water partition coefficient (Wildman–Crippen LogP) is 3.01. The van der Waals surface area contributed by atoms with E-state index in [0.29, 0.717) is 17.9 Å². The van der Waals surface area contributed by atoms with Gasteiger partial charge in [0.1, 0.15) is 17.1 Å². The molecule has 0 saturated carbocycles. The van der Waals surface area contributed by atoms with Crippen LogP contribution in [0.2, 0.25) is 0 Å². The molecule has 4 rings (SSSR count). The number of pyridine rings is 1. The first-order valence-corrected chi connectivity index (χ1v) is 8.50. The Hall–Kier alpha value is -3.61. The lowest BCUT2D eigenvalue weighted by molar-refractivity contribution is 0.0778. The molecular formula is C20H19N5O2. The van der Waals surface area contributed by atoms with Crippen molar-refractivity contribution in [2.75, 3.05) is 14.2 Å². The fourth-order valence-corrected chi connectivity index (χ4v) is 3.04. The lowest BCUT2D eigenvalue weighted by Gasteiger charge is -2.17. The van der Waals surface area contributed by atoms with Gasteiger partial charge in [0, 0.05) is 31.5 Å². The highest BCUT2D eigenvalue weighted by Gasteiger charge is 2.17. The van der Waals surface area contributed by atoms with E-state index in [9.17, 15) is 4.79 Å². The van der Waals surface area contributed by atoms with Crippen LogP contribution in [0.5, 0.6) is 5.75 Å². The Morgan fingerprint density at radius 2 is 2.11 bits per heavy atom. The van der Waals surface area contributed by atoms with Gasteiger partial charge in [-0.05, 0) is 35.4 Å². The summed E-state index contributed by atoms with van der Waals surface area (Å²) < 4.78 is 7.04. The van der Waals surface area contributed by atoms with Crippen LogP contribution in [0.4, 0.5) is 0 Å². The lowest BCUT2D eigenvalue weighted by atomic mass is 10.1. The summed E-state index contributed by atoms with van der Waals surface area (Å²) in [6.07, 6.45) is 7.04. The van der Waals surface area contributed by atoms with Crippen molar-refractivity contribution < 1.29 is 9.53 Å². The summed E-state index contributed by atoms with van der Waals surface area (Å²) in [5, 5.41) is 6.76. The molecule has 3 aromatic heterocycles. The van der Waals surface area contributed by atoms with E-state index in [4.69, 9.17) is 4.74 Å². The molecule has 0 aliphatic heterocycles. The summed E-state index contributed by atoms with van der Waals surface area (Å²) in [6, 6.07) is 11.6. The van der Waals surface area contributed by atoms with E-state index in [0.717, 1.165) is 22.4 Å². The number of amides is 1. The molecule has 1 aromatic carbocycles. The first-order chi connectivity index (χ1) is 13.2. The molecule has 3 heterocycles. The zero-order chi connectivity index (χ0) is 18.8. The van der Waals surface area contributed by atoms with E-state index >= 15 is 0 Å². The molecule has 27 heavy (non-hydrogen) atoms. The molecule has 0 fully saturated rings. The highest BCUT2D eigenvalue weighted by atomic mass is 16.5. The number of carbonyl (C=O) groups is 1. The Bertz CT molecular complexity index is 1080. The maximum absolute atomic E-state index is 12.9. The number of carbonyl (C=O) groups excluding carboxylic acids is 1. The molecule has 0 radical (unpaired) electrons. The third kappa shape index (κ3) is 3.27. The number of aromatic amines is 1. The Kier molecular flexibility index (Phi) is 4.33. The van der Waals surface area contributed by atoms with Crippen molar-refractivity contribution in [1.29, 1.82) is 0 Å². The van der Waals surface area contributed by atoms with E-state index in [1.807, 2.05) is 48.8 Å². The van der Waals surface area contributed by atoms with Gasteiger partial charge in [-0.2, -0.15) is 5.10 Å². The molecule has 0 bridgehead atoms. The van der Waals surface area contributed by atoms with Gasteiger partial charge in [-0.25, -0.2) is 4.98 Å². The minimum Gasteiger partial charge on any atom is -0.497 e. The number of aromatic nitrogens is 4. The molecule has 0 spiro atoms. The summed E-state index contributed by atoms with van der Waals surface area (Å²) in [7, 11) is 3.41. The van der Waals surface area contributed by atoms with Crippen LogP contribution in [0, 0.1) is 0 Å². The zero-order valence-corrected chi connectivity index (χ0v) is 15.1. The van der Waals surface area contributed by atoms with Crippen LogP contribution in [0.3, 0.4) is 0 Å². The van der Waals surface area contributed by atoms with Gasteiger partial charge in [-0.3, -0.25) is 14.3 Å². The number of methoxy groups -OCH3 is 1. The van der Waals surface area contributed by atoms with E-state index < -0.39 is 0 Å². The fraction of sp³-hybridized carbons (Fsp3) is 0.150. The number of hydrogen-bond donors (Lipinski definition) is 1. The second-order valence-electron chi connectivity index (χ2n) is 6.29. The number of ether oxygens (including phenoxy) is 1. The largest absolute Gasteiger partial charge is 0.497 e.